The van der Waals surface area contributed by atoms with Crippen LogP contribution in [0, 0.1) is 0 Å². The second kappa shape index (κ2) is 17.1. The molecule has 230 valence electrons. The predicted molar refractivity (Wildman–Crippen MR) is 172 cm³/mol. The summed E-state index contributed by atoms with van der Waals surface area (Å²) in [4.78, 5) is 0. The van der Waals surface area contributed by atoms with Crippen LogP contribution in [0.25, 0.3) is 0 Å². The summed E-state index contributed by atoms with van der Waals surface area (Å²) in [6, 6.07) is 20.2. The van der Waals surface area contributed by atoms with E-state index in [0.29, 0.717) is 32.8 Å². The molecule has 5 atom stereocenters. The maximum atomic E-state index is 9.49. The lowest BCUT2D eigenvalue weighted by molar-refractivity contribution is -0.146. The Morgan fingerprint density at radius 3 is 2.14 bits per heavy atom. The summed E-state index contributed by atoms with van der Waals surface area (Å²) in [6.45, 7) is 16.7. The van der Waals surface area contributed by atoms with Gasteiger partial charge in [-0.15, -0.1) is 6.58 Å². The molecule has 1 N–H and O–H groups in total. The van der Waals surface area contributed by atoms with Crippen molar-refractivity contribution in [2.45, 2.75) is 89.1 Å². The van der Waals surface area contributed by atoms with E-state index in [1.807, 2.05) is 72.8 Å². The fourth-order valence-electron chi connectivity index (χ4n) is 4.33. The minimum absolute atomic E-state index is 0.0662. The Balaban J connectivity index is 1.78. The average molecular weight is 595 g/mol. The largest absolute Gasteiger partial charge is 0.414 e. The minimum atomic E-state index is -2.00. The molecule has 0 amide bonds. The van der Waals surface area contributed by atoms with Crippen LogP contribution in [0.2, 0.25) is 18.1 Å². The molecule has 2 aromatic carbocycles. The molecule has 1 aliphatic rings. The molecule has 0 aliphatic carbocycles. The standard InChI is InChI=1S/C35H50O6Si/c1-7-15-32-33(40-30(20-14-23-36)26-39-42(5,6)35(2,3)4)22-21-31(38-25-29-18-12-9-13-19-29)34(41-32)27-37-24-28-16-10-8-11-17-28/h7-14,16-22,30-34,36H,1,15,23-27H2,2-6H3/b20-14+/t30?,31-,32-,33+,34+/m1/s1. The zero-order chi connectivity index (χ0) is 30.4. The van der Waals surface area contributed by atoms with E-state index in [4.69, 9.17) is 23.4 Å². The molecule has 0 saturated carbocycles. The number of benzene rings is 2. The number of aliphatic hydroxyl groups is 1. The van der Waals surface area contributed by atoms with Crippen molar-refractivity contribution in [1.82, 2.24) is 0 Å². The van der Waals surface area contributed by atoms with E-state index < -0.39 is 8.32 Å². The lowest BCUT2D eigenvalue weighted by atomic mass is 10.1. The van der Waals surface area contributed by atoms with E-state index in [1.165, 1.54) is 0 Å². The van der Waals surface area contributed by atoms with Gasteiger partial charge in [0.15, 0.2) is 8.32 Å². The molecule has 42 heavy (non-hydrogen) atoms. The van der Waals surface area contributed by atoms with E-state index in [2.05, 4.69) is 52.6 Å². The molecule has 2 aromatic rings. The maximum absolute atomic E-state index is 9.49. The summed E-state index contributed by atoms with van der Waals surface area (Å²) in [5.41, 5.74) is 2.19. The zero-order valence-corrected chi connectivity index (χ0v) is 27.0. The van der Waals surface area contributed by atoms with Crippen LogP contribution >= 0.6 is 0 Å². The first-order valence-electron chi connectivity index (χ1n) is 14.9. The van der Waals surface area contributed by atoms with Crippen LogP contribution in [0.1, 0.15) is 38.3 Å². The molecule has 3 rings (SSSR count). The topological polar surface area (TPSA) is 66.4 Å². The first-order chi connectivity index (χ1) is 20.1. The van der Waals surface area contributed by atoms with Crippen molar-refractivity contribution < 1.29 is 28.5 Å². The SMILES string of the molecule is C=CC[C@H]1O[C@@H](COCc2ccccc2)[C@H](OCc2ccccc2)C=C[C@@H]1OC(/C=C/CO)CO[Si](C)(C)C(C)(C)C. The van der Waals surface area contributed by atoms with E-state index in [9.17, 15) is 5.11 Å². The highest BCUT2D eigenvalue weighted by Crippen LogP contribution is 2.37. The highest BCUT2D eigenvalue weighted by Gasteiger charge is 2.38. The van der Waals surface area contributed by atoms with Gasteiger partial charge in [0.1, 0.15) is 18.3 Å². The van der Waals surface area contributed by atoms with Gasteiger partial charge in [0.25, 0.3) is 0 Å². The number of ether oxygens (including phenoxy) is 4. The van der Waals surface area contributed by atoms with Gasteiger partial charge in [-0.3, -0.25) is 0 Å². The average Bonchev–Trinajstić information content (AvgIpc) is 3.12. The van der Waals surface area contributed by atoms with E-state index in [-0.39, 0.29) is 42.2 Å². The molecular weight excluding hydrogens is 544 g/mol. The molecule has 1 unspecified atom stereocenters. The molecule has 6 nitrogen and oxygen atoms in total. The highest BCUT2D eigenvalue weighted by molar-refractivity contribution is 6.74. The van der Waals surface area contributed by atoms with Crippen LogP contribution in [0.5, 0.6) is 0 Å². The molecule has 0 spiro atoms. The maximum Gasteiger partial charge on any atom is 0.192 e. The Labute approximate surface area is 254 Å². The van der Waals surface area contributed by atoms with Gasteiger partial charge < -0.3 is 28.5 Å². The Hall–Kier alpha value is -2.36. The van der Waals surface area contributed by atoms with Crippen molar-refractivity contribution in [1.29, 1.82) is 0 Å². The number of rotatable bonds is 16. The number of hydrogen-bond acceptors (Lipinski definition) is 6. The second-order valence-corrected chi connectivity index (χ2v) is 17.0. The van der Waals surface area contributed by atoms with Crippen molar-refractivity contribution in [2.75, 3.05) is 19.8 Å². The third-order valence-electron chi connectivity index (χ3n) is 7.85. The van der Waals surface area contributed by atoms with Gasteiger partial charge in [-0.2, -0.15) is 0 Å². The van der Waals surface area contributed by atoms with Crippen LogP contribution in [-0.2, 0) is 36.6 Å². The Morgan fingerprint density at radius 1 is 0.929 bits per heavy atom. The first-order valence-corrected chi connectivity index (χ1v) is 17.8. The van der Waals surface area contributed by atoms with Crippen LogP contribution in [-0.4, -0.2) is 63.8 Å². The van der Waals surface area contributed by atoms with Crippen molar-refractivity contribution in [3.8, 4) is 0 Å². The monoisotopic (exact) mass is 594 g/mol. The summed E-state index contributed by atoms with van der Waals surface area (Å²) >= 11 is 0. The van der Waals surface area contributed by atoms with E-state index in [1.54, 1.807) is 6.08 Å². The molecule has 0 saturated heterocycles. The molecule has 0 radical (unpaired) electrons. The first kappa shape index (κ1) is 34.1. The Kier molecular flexibility index (Phi) is 13.9. The minimum Gasteiger partial charge on any atom is -0.414 e. The van der Waals surface area contributed by atoms with Gasteiger partial charge in [-0.05, 0) is 35.7 Å². The van der Waals surface area contributed by atoms with Crippen molar-refractivity contribution in [2.24, 2.45) is 0 Å². The summed E-state index contributed by atoms with van der Waals surface area (Å²) in [6.07, 6.45) is 8.39. The predicted octanol–water partition coefficient (Wildman–Crippen LogP) is 7.01. The summed E-state index contributed by atoms with van der Waals surface area (Å²) < 4.78 is 32.4. The lowest BCUT2D eigenvalue weighted by Crippen LogP contribution is -2.44. The Bertz CT molecular complexity index is 1100. The van der Waals surface area contributed by atoms with Gasteiger partial charge in [0, 0.05) is 0 Å². The van der Waals surface area contributed by atoms with Gasteiger partial charge in [0.2, 0.25) is 0 Å². The molecule has 7 heteroatoms. The van der Waals surface area contributed by atoms with Crippen LogP contribution < -0.4 is 0 Å². The highest BCUT2D eigenvalue weighted by atomic mass is 28.4. The molecule has 1 aliphatic heterocycles. The van der Waals surface area contributed by atoms with Gasteiger partial charge in [-0.25, -0.2) is 0 Å². The van der Waals surface area contributed by atoms with Crippen LogP contribution in [0.3, 0.4) is 0 Å². The third-order valence-corrected chi connectivity index (χ3v) is 12.4. The Morgan fingerprint density at radius 2 is 1.55 bits per heavy atom. The summed E-state index contributed by atoms with van der Waals surface area (Å²) in [5, 5.41) is 9.56. The fraction of sp³-hybridized carbons (Fsp3) is 0.486. The lowest BCUT2D eigenvalue weighted by Gasteiger charge is -2.37. The van der Waals surface area contributed by atoms with E-state index in [0.717, 1.165) is 11.1 Å². The quantitative estimate of drug-likeness (QED) is 0.167. The molecule has 0 aromatic heterocycles. The van der Waals surface area contributed by atoms with Gasteiger partial charge in [-0.1, -0.05) is 112 Å². The molecule has 1 heterocycles. The smallest absolute Gasteiger partial charge is 0.192 e. The molecule has 0 fully saturated rings. The van der Waals surface area contributed by atoms with Crippen molar-refractivity contribution in [3.05, 3.63) is 109 Å². The van der Waals surface area contributed by atoms with Gasteiger partial charge in [0.05, 0.1) is 45.2 Å². The summed E-state index contributed by atoms with van der Waals surface area (Å²) in [5.74, 6) is 0. The zero-order valence-electron chi connectivity index (χ0n) is 26.0. The normalized spacial score (nSPS) is 22.2. The second-order valence-electron chi connectivity index (χ2n) is 12.2. The van der Waals surface area contributed by atoms with Crippen molar-refractivity contribution in [3.63, 3.8) is 0 Å². The van der Waals surface area contributed by atoms with Crippen LogP contribution in [0.4, 0.5) is 0 Å². The van der Waals surface area contributed by atoms with Gasteiger partial charge >= 0.3 is 0 Å². The van der Waals surface area contributed by atoms with Crippen molar-refractivity contribution >= 4 is 8.32 Å². The summed E-state index contributed by atoms with van der Waals surface area (Å²) in [7, 11) is -2.00. The number of hydrogen-bond donors (Lipinski definition) is 1. The fourth-order valence-corrected chi connectivity index (χ4v) is 5.34. The van der Waals surface area contributed by atoms with E-state index >= 15 is 0 Å². The van der Waals surface area contributed by atoms with Crippen LogP contribution in [0.15, 0.2) is 97.6 Å². The third kappa shape index (κ3) is 11.0. The number of aliphatic hydroxyl groups excluding tert-OH is 1. The molecule has 0 bridgehead atoms. The molecular formula is C35H50O6Si.